The summed E-state index contributed by atoms with van der Waals surface area (Å²) < 4.78 is 122. The van der Waals surface area contributed by atoms with Crippen LogP contribution in [0.2, 0.25) is 0 Å². The van der Waals surface area contributed by atoms with Crippen molar-refractivity contribution < 1.29 is 63.4 Å². The third kappa shape index (κ3) is 18.1. The second-order valence-corrected chi connectivity index (χ2v) is 37.9. The Morgan fingerprint density at radius 1 is 0.830 bits per heavy atom. The molecule has 4 amide bonds. The fraction of sp³-hybridized carbons (Fsp3) is 0.577. The maximum Gasteiger partial charge on any atom is 0.501 e. The van der Waals surface area contributed by atoms with Gasteiger partial charge in [-0.25, -0.2) is 30.9 Å². The fourth-order valence-corrected chi connectivity index (χ4v) is 20.1. The number of likely N-dealkylation sites (tertiary alicyclic amines) is 1. The summed E-state index contributed by atoms with van der Waals surface area (Å²) in [7, 11) is -11.1. The number of allylic oxidation sites excluding steroid dienone is 1. The number of benzene rings is 4. The van der Waals surface area contributed by atoms with Gasteiger partial charge in [-0.1, -0.05) is 89.4 Å². The Kier molecular flexibility index (Phi) is 23.6. The van der Waals surface area contributed by atoms with Crippen LogP contribution in [-0.2, 0) is 40.8 Å². The van der Waals surface area contributed by atoms with E-state index in [4.69, 9.17) is 4.74 Å². The van der Waals surface area contributed by atoms with Crippen molar-refractivity contribution in [2.45, 2.75) is 189 Å². The number of amides is 4. The molecule has 0 spiro atoms. The summed E-state index contributed by atoms with van der Waals surface area (Å²) in [6.07, 6.45) is 9.83. The molecule has 4 atom stereocenters. The molecule has 8 aliphatic rings. The van der Waals surface area contributed by atoms with Crippen molar-refractivity contribution >= 4 is 78.0 Å². The number of aryl methyl sites for hydroxylation is 1. The number of carbonyl (C=O) groups is 4. The van der Waals surface area contributed by atoms with Crippen LogP contribution in [0.15, 0.2) is 122 Å². The van der Waals surface area contributed by atoms with Crippen LogP contribution in [0.25, 0.3) is 10.4 Å². The number of aliphatic hydroxyl groups is 1. The lowest BCUT2D eigenvalue weighted by molar-refractivity contribution is -0.182. The minimum absolute atomic E-state index is 0.00733. The molecule has 3 aliphatic heterocycles. The Morgan fingerprint density at radius 3 is 2.15 bits per heavy atom. The lowest BCUT2D eigenvalue weighted by Crippen LogP contribution is -2.63. The van der Waals surface area contributed by atoms with Crippen molar-refractivity contribution in [1.29, 1.82) is 0 Å². The Bertz CT molecular complexity index is 4270. The molecule has 28 heteroatoms. The van der Waals surface area contributed by atoms with Crippen LogP contribution in [0.3, 0.4) is 0 Å². The van der Waals surface area contributed by atoms with Crippen molar-refractivity contribution in [2.24, 2.45) is 21.7 Å². The highest BCUT2D eigenvalue weighted by Crippen LogP contribution is 2.79. The zero-order chi connectivity index (χ0) is 75.8. The zero-order valence-electron chi connectivity index (χ0n) is 61.8. The molecule has 7 fully saturated rings. The minimum Gasteiger partial charge on any atom is -0.493 e. The normalized spacial score (nSPS) is 23.3. The molecule has 20 nitrogen and oxygen atoms in total. The quantitative estimate of drug-likeness (QED) is 0.0124. The molecule has 2 bridgehead atoms. The molecule has 0 radical (unpaired) electrons. The van der Waals surface area contributed by atoms with Crippen LogP contribution in [0.1, 0.15) is 147 Å². The van der Waals surface area contributed by atoms with Gasteiger partial charge in [0.1, 0.15) is 22.7 Å². The molecule has 4 saturated carbocycles. The van der Waals surface area contributed by atoms with Crippen molar-refractivity contribution in [1.82, 2.24) is 39.9 Å². The van der Waals surface area contributed by atoms with E-state index in [1.54, 1.807) is 49.6 Å². The average molecular weight is 1540 g/mol. The first kappa shape index (κ1) is 78.9. The molecule has 106 heavy (non-hydrogen) atoms. The number of unbranched alkanes of at least 4 members (excludes halogenated alkanes) is 1. The molecule has 4 aromatic carbocycles. The summed E-state index contributed by atoms with van der Waals surface area (Å²) in [5, 5.41) is 19.4. The molecule has 0 unspecified atom stereocenters. The Balaban J connectivity index is 0.632. The van der Waals surface area contributed by atoms with E-state index in [-0.39, 0.29) is 37.9 Å². The summed E-state index contributed by atoms with van der Waals surface area (Å²) in [6.45, 7) is 22.9. The summed E-state index contributed by atoms with van der Waals surface area (Å²) in [5.41, 5.74) is 0.659. The molecular formula is C78H102F4N10O10S4. The van der Waals surface area contributed by atoms with Gasteiger partial charge in [0.15, 0.2) is 5.67 Å². The highest BCUT2D eigenvalue weighted by molar-refractivity contribution is 7.99. The summed E-state index contributed by atoms with van der Waals surface area (Å²) in [6, 6.07) is 21.3. The van der Waals surface area contributed by atoms with E-state index < -0.39 is 99.8 Å². The minimum atomic E-state index is -6.15. The number of sulfonamides is 1. The van der Waals surface area contributed by atoms with Gasteiger partial charge in [0.25, 0.3) is 31.7 Å². The third-order valence-corrected chi connectivity index (χ3v) is 27.9. The number of aromatic nitrogens is 1. The fourth-order valence-electron chi connectivity index (χ4n) is 16.3. The van der Waals surface area contributed by atoms with Gasteiger partial charge >= 0.3 is 5.51 Å². The highest BCUT2D eigenvalue weighted by Gasteiger charge is 2.68. The molecule has 3 saturated heterocycles. The van der Waals surface area contributed by atoms with Crippen LogP contribution in [-0.4, -0.2) is 196 Å². The van der Waals surface area contributed by atoms with E-state index in [0.717, 1.165) is 104 Å². The van der Waals surface area contributed by atoms with Gasteiger partial charge in [-0.2, -0.15) is 13.2 Å². The molecule has 1 aromatic heterocycles. The molecular weight excluding hydrogens is 1440 g/mol. The van der Waals surface area contributed by atoms with Crippen LogP contribution in [0.5, 0.6) is 5.75 Å². The van der Waals surface area contributed by atoms with E-state index in [1.165, 1.54) is 78.7 Å². The first-order valence-electron chi connectivity index (χ1n) is 37.3. The number of hydrogen-bond donors (Lipinski definition) is 5. The number of ether oxygens (including phenoxy) is 1. The zero-order valence-corrected chi connectivity index (χ0v) is 65.1. The van der Waals surface area contributed by atoms with Crippen LogP contribution >= 0.6 is 23.1 Å². The Morgan fingerprint density at radius 2 is 1.51 bits per heavy atom. The van der Waals surface area contributed by atoms with E-state index in [2.05, 4.69) is 61.3 Å². The molecule has 13 rings (SSSR count). The second-order valence-electron chi connectivity index (χ2n) is 32.4. The summed E-state index contributed by atoms with van der Waals surface area (Å²) in [5.74, 6) is -2.11. The topological polar surface area (TPSA) is 243 Å². The number of thiazole rings is 1. The number of nitrogens with zero attached hydrogens (tertiary/aromatic N) is 6. The lowest BCUT2D eigenvalue weighted by atomic mass is 9.31. The number of piperazine rings is 2. The van der Waals surface area contributed by atoms with E-state index in [9.17, 15) is 58.7 Å². The molecule has 5 aromatic rings. The number of alkyl halides is 4. The van der Waals surface area contributed by atoms with Gasteiger partial charge in [-0.15, -0.1) is 23.1 Å². The van der Waals surface area contributed by atoms with Crippen molar-refractivity contribution in [3.8, 4) is 16.2 Å². The smallest absolute Gasteiger partial charge is 0.493 e. The van der Waals surface area contributed by atoms with Crippen molar-refractivity contribution in [3.05, 3.63) is 124 Å². The Labute approximate surface area is 629 Å². The number of halogens is 4. The standard InChI is InChI=1S/C78H102F4N10O10S4/c1-8-75-48-76(49-75,50-75)62-43-74(6,7)26-24-56(62)45-90-35-37-91(38-36-90)58-20-18-53(19-21-58)69(94)87-106(100,101)61-22-23-63(66(42-61)105(98,99)78(80,81)82)85-57(47-103-60-14-10-9-11-15-60)25-30-89-33-31-88(32-34-89)29-12-13-39-102-65-40-54(67-52(2)84-51-104-67)16-17-55(65)44-83-70(95)64-41-59(93)46-92(64)71(96)68(73(3,4)5)86-72(97)77(79)27-28-77/h9-11,14-23,40,42,51,57,59,64,68,85,93H,8,12-13,24-39,41,43-50H2,1-7H3,(H,83,95)(H,86,97)(H,87,94)/t57-,59-,64+,68-,75?,76?/m1/s1. The van der Waals surface area contributed by atoms with Gasteiger partial charge in [0.05, 0.1) is 39.4 Å². The number of carbonyl (C=O) groups excluding carboxylic acids is 4. The number of anilines is 2. The van der Waals surface area contributed by atoms with E-state index >= 15 is 0 Å². The van der Waals surface area contributed by atoms with Gasteiger partial charge in [-0.3, -0.25) is 24.1 Å². The second kappa shape index (κ2) is 31.7. The molecule has 5 N–H and O–H groups in total. The maximum atomic E-state index is 14.8. The lowest BCUT2D eigenvalue weighted by Gasteiger charge is -2.73. The predicted octanol–water partition coefficient (Wildman–Crippen LogP) is 11.8. The number of aliphatic hydroxyl groups excluding tert-OH is 1. The van der Waals surface area contributed by atoms with Crippen LogP contribution in [0.4, 0.5) is 28.9 Å². The first-order chi connectivity index (χ1) is 50.1. The molecule has 576 valence electrons. The van der Waals surface area contributed by atoms with Gasteiger partial charge in [-0.05, 0) is 172 Å². The van der Waals surface area contributed by atoms with Gasteiger partial charge < -0.3 is 45.4 Å². The number of nitrogens with one attached hydrogen (secondary N) is 4. The van der Waals surface area contributed by atoms with Crippen LogP contribution < -0.4 is 30.3 Å². The SMILES string of the molecule is CCC12CC(C3=C(CN4CCN(c5ccc(C(=O)NS(=O)(=O)c6ccc(N[C@H](CCN7CCN(CCCCOc8cc(-c9scnc9C)ccc8CNC(=O)[C@@H]8C[C@@H](O)CN8C(=O)[C@@H](NC(=O)C8(F)CC8)C(C)(C)C)CC7)CSc7ccccc7)c(S(=O)(=O)C(F)(F)F)c6)cc5)CC4)CCC(C)(C)C3)(C1)C2. The average Bonchev–Trinajstić information content (AvgIpc) is 0.837. The van der Waals surface area contributed by atoms with Gasteiger partial charge in [0.2, 0.25) is 11.8 Å². The highest BCUT2D eigenvalue weighted by atomic mass is 32.2. The number of sulfone groups is 1. The summed E-state index contributed by atoms with van der Waals surface area (Å²) in [4.78, 5) is 69.3. The van der Waals surface area contributed by atoms with Crippen LogP contribution in [0, 0.1) is 28.6 Å². The van der Waals surface area contributed by atoms with E-state index in [1.807, 2.05) is 60.2 Å². The van der Waals surface area contributed by atoms with Gasteiger partial charge in [0, 0.05) is 118 Å². The number of rotatable bonds is 30. The summed E-state index contributed by atoms with van der Waals surface area (Å²) >= 11 is 2.92. The molecule has 5 aliphatic carbocycles. The number of β-amino-alcohol motifs (C(OH)–C–C–N with tert-alkyl or cyclic N) is 1. The monoisotopic (exact) mass is 1540 g/mol. The Hall–Kier alpha value is -6.66. The molecule has 4 heterocycles. The van der Waals surface area contributed by atoms with Crippen molar-refractivity contribution in [3.63, 3.8) is 0 Å². The number of hydrogen-bond acceptors (Lipinski definition) is 18. The third-order valence-electron chi connectivity index (χ3n) is 22.9. The largest absolute Gasteiger partial charge is 0.501 e. The number of thioether (sulfide) groups is 1. The van der Waals surface area contributed by atoms with Crippen molar-refractivity contribution in [2.75, 3.05) is 101 Å². The predicted molar refractivity (Wildman–Crippen MR) is 405 cm³/mol. The maximum absolute atomic E-state index is 14.8. The van der Waals surface area contributed by atoms with E-state index in [0.29, 0.717) is 78.5 Å². The first-order valence-corrected chi connectivity index (χ1v) is 42.1.